The Morgan fingerprint density at radius 1 is 1.24 bits per heavy atom. The lowest BCUT2D eigenvalue weighted by molar-refractivity contribution is 0.220. The maximum absolute atomic E-state index is 13.7. The number of nitrogens with zero attached hydrogens (tertiary/aromatic N) is 4. The highest BCUT2D eigenvalue weighted by molar-refractivity contribution is 5.90. The number of nitrogens with one attached hydrogen (secondary N) is 1. The van der Waals surface area contributed by atoms with E-state index in [0.717, 1.165) is 12.1 Å². The molecule has 8 heteroatoms. The van der Waals surface area contributed by atoms with Gasteiger partial charge >= 0.3 is 6.03 Å². The fourth-order valence-corrected chi connectivity index (χ4v) is 2.26. The van der Waals surface area contributed by atoms with E-state index in [2.05, 4.69) is 15.4 Å². The van der Waals surface area contributed by atoms with Gasteiger partial charge in [0, 0.05) is 43.8 Å². The number of rotatable bonds is 4. The molecule has 2 heterocycles. The zero-order chi connectivity index (χ0) is 17.8. The van der Waals surface area contributed by atoms with E-state index in [1.54, 1.807) is 36.8 Å². The molecule has 128 valence electrons. The molecule has 25 heavy (non-hydrogen) atoms. The molecule has 3 aromatic rings. The third-order valence-corrected chi connectivity index (χ3v) is 3.52. The summed E-state index contributed by atoms with van der Waals surface area (Å²) < 4.78 is 28.2. The van der Waals surface area contributed by atoms with Gasteiger partial charge in [-0.15, -0.1) is 0 Å². The summed E-state index contributed by atoms with van der Waals surface area (Å²) in [6, 6.07) is 7.91. The summed E-state index contributed by atoms with van der Waals surface area (Å²) in [5.74, 6) is -0.895. The van der Waals surface area contributed by atoms with E-state index >= 15 is 0 Å². The third kappa shape index (κ3) is 3.79. The lowest BCUT2D eigenvalue weighted by Gasteiger charge is -2.19. The first-order valence-corrected chi connectivity index (χ1v) is 7.45. The number of pyridine rings is 1. The first-order chi connectivity index (χ1) is 12.0. The fourth-order valence-electron chi connectivity index (χ4n) is 2.26. The van der Waals surface area contributed by atoms with Gasteiger partial charge in [-0.05, 0) is 24.3 Å². The summed E-state index contributed by atoms with van der Waals surface area (Å²) >= 11 is 0. The summed E-state index contributed by atoms with van der Waals surface area (Å²) in [5, 5.41) is 6.81. The van der Waals surface area contributed by atoms with Crippen molar-refractivity contribution in [1.29, 1.82) is 0 Å². The molecule has 0 radical (unpaired) electrons. The van der Waals surface area contributed by atoms with Crippen LogP contribution in [0.25, 0.3) is 5.82 Å². The normalized spacial score (nSPS) is 10.5. The van der Waals surface area contributed by atoms with Gasteiger partial charge in [-0.2, -0.15) is 5.10 Å². The second kappa shape index (κ2) is 7.08. The van der Waals surface area contributed by atoms with Crippen molar-refractivity contribution >= 4 is 11.7 Å². The first-order valence-electron chi connectivity index (χ1n) is 7.45. The Labute approximate surface area is 142 Å². The van der Waals surface area contributed by atoms with E-state index in [-0.39, 0.29) is 12.1 Å². The third-order valence-electron chi connectivity index (χ3n) is 3.52. The SMILES string of the molecule is CN(Cc1ccc(F)cc1F)C(=O)Nc1cccnc1-n1cccn1. The molecule has 2 aromatic heterocycles. The first kappa shape index (κ1) is 16.6. The van der Waals surface area contributed by atoms with Gasteiger partial charge < -0.3 is 10.2 Å². The van der Waals surface area contributed by atoms with Gasteiger partial charge in [0.2, 0.25) is 0 Å². The number of aromatic nitrogens is 3. The number of hydrogen-bond donors (Lipinski definition) is 1. The van der Waals surface area contributed by atoms with E-state index in [1.165, 1.54) is 22.7 Å². The van der Waals surface area contributed by atoms with Crippen molar-refractivity contribution in [3.8, 4) is 5.82 Å². The van der Waals surface area contributed by atoms with Crippen LogP contribution >= 0.6 is 0 Å². The maximum Gasteiger partial charge on any atom is 0.321 e. The summed E-state index contributed by atoms with van der Waals surface area (Å²) in [6.07, 6.45) is 4.89. The molecule has 0 saturated carbocycles. The Bertz CT molecular complexity index is 883. The van der Waals surface area contributed by atoms with Crippen molar-refractivity contribution in [2.45, 2.75) is 6.54 Å². The van der Waals surface area contributed by atoms with Gasteiger partial charge in [0.1, 0.15) is 11.6 Å². The lowest BCUT2D eigenvalue weighted by atomic mass is 10.2. The molecule has 0 aliphatic heterocycles. The molecule has 0 spiro atoms. The Kier molecular flexibility index (Phi) is 4.69. The van der Waals surface area contributed by atoms with Crippen LogP contribution in [-0.4, -0.2) is 32.7 Å². The van der Waals surface area contributed by atoms with Crippen LogP contribution in [0.5, 0.6) is 0 Å². The molecular weight excluding hydrogens is 328 g/mol. The van der Waals surface area contributed by atoms with Gasteiger partial charge in [-0.1, -0.05) is 6.07 Å². The smallest absolute Gasteiger partial charge is 0.321 e. The van der Waals surface area contributed by atoms with E-state index < -0.39 is 17.7 Å². The second-order valence-electron chi connectivity index (χ2n) is 5.35. The predicted octanol–water partition coefficient (Wildman–Crippen LogP) is 3.21. The topological polar surface area (TPSA) is 63.1 Å². The summed E-state index contributed by atoms with van der Waals surface area (Å²) in [6.45, 7) is -0.00465. The number of amides is 2. The summed E-state index contributed by atoms with van der Waals surface area (Å²) in [4.78, 5) is 17.9. The molecule has 2 amide bonds. The van der Waals surface area contributed by atoms with Crippen LogP contribution < -0.4 is 5.32 Å². The van der Waals surface area contributed by atoms with Crippen LogP contribution in [0.15, 0.2) is 55.0 Å². The molecule has 6 nitrogen and oxygen atoms in total. The van der Waals surface area contributed by atoms with Crippen molar-refractivity contribution in [3.63, 3.8) is 0 Å². The highest BCUT2D eigenvalue weighted by Gasteiger charge is 2.15. The monoisotopic (exact) mass is 343 g/mol. The average Bonchev–Trinajstić information content (AvgIpc) is 3.12. The minimum atomic E-state index is -0.696. The van der Waals surface area contributed by atoms with Gasteiger partial charge in [-0.3, -0.25) is 0 Å². The van der Waals surface area contributed by atoms with Crippen LogP contribution in [0.1, 0.15) is 5.56 Å². The number of benzene rings is 1. The van der Waals surface area contributed by atoms with Crippen molar-refractivity contribution in [3.05, 3.63) is 72.2 Å². The zero-order valence-corrected chi connectivity index (χ0v) is 13.4. The van der Waals surface area contributed by atoms with Crippen LogP contribution in [-0.2, 0) is 6.54 Å². The predicted molar refractivity (Wildman–Crippen MR) is 88.2 cm³/mol. The van der Waals surface area contributed by atoms with Gasteiger partial charge in [0.25, 0.3) is 0 Å². The standard InChI is InChI=1S/C17H15F2N5O/c1-23(11-12-5-6-13(18)10-14(12)19)17(25)22-15-4-2-7-20-16(15)24-9-3-8-21-24/h2-10H,11H2,1H3,(H,22,25). The van der Waals surface area contributed by atoms with E-state index in [4.69, 9.17) is 0 Å². The average molecular weight is 343 g/mol. The van der Waals surface area contributed by atoms with E-state index in [1.807, 2.05) is 0 Å². The Morgan fingerprint density at radius 2 is 2.08 bits per heavy atom. The van der Waals surface area contributed by atoms with Crippen LogP contribution in [0.3, 0.4) is 0 Å². The number of hydrogen-bond acceptors (Lipinski definition) is 3. The quantitative estimate of drug-likeness (QED) is 0.791. The molecule has 0 bridgehead atoms. The van der Waals surface area contributed by atoms with E-state index in [0.29, 0.717) is 11.5 Å². The molecule has 0 saturated heterocycles. The summed E-state index contributed by atoms with van der Waals surface area (Å²) in [7, 11) is 1.52. The molecule has 1 N–H and O–H groups in total. The molecule has 0 unspecified atom stereocenters. The Hall–Kier alpha value is -3.29. The zero-order valence-electron chi connectivity index (χ0n) is 13.4. The van der Waals surface area contributed by atoms with E-state index in [9.17, 15) is 13.6 Å². The Morgan fingerprint density at radius 3 is 2.80 bits per heavy atom. The number of halogens is 2. The number of carbonyl (C=O) groups excluding carboxylic acids is 1. The maximum atomic E-state index is 13.7. The minimum absolute atomic E-state index is 0.00465. The van der Waals surface area contributed by atoms with Crippen molar-refractivity contribution < 1.29 is 13.6 Å². The molecule has 0 fully saturated rings. The number of carbonyl (C=O) groups is 1. The molecular formula is C17H15F2N5O. The highest BCUT2D eigenvalue weighted by Crippen LogP contribution is 2.17. The molecule has 1 aromatic carbocycles. The van der Waals surface area contributed by atoms with Crippen molar-refractivity contribution in [2.24, 2.45) is 0 Å². The lowest BCUT2D eigenvalue weighted by Crippen LogP contribution is -2.31. The highest BCUT2D eigenvalue weighted by atomic mass is 19.1. The van der Waals surface area contributed by atoms with Crippen LogP contribution in [0, 0.1) is 11.6 Å². The molecule has 0 atom stereocenters. The largest absolute Gasteiger partial charge is 0.323 e. The molecule has 3 rings (SSSR count). The van der Waals surface area contributed by atoms with Crippen molar-refractivity contribution in [1.82, 2.24) is 19.7 Å². The molecule has 0 aliphatic rings. The van der Waals surface area contributed by atoms with Crippen LogP contribution in [0.4, 0.5) is 19.3 Å². The van der Waals surface area contributed by atoms with Crippen molar-refractivity contribution in [2.75, 3.05) is 12.4 Å². The summed E-state index contributed by atoms with van der Waals surface area (Å²) in [5.41, 5.74) is 0.681. The van der Waals surface area contributed by atoms with Gasteiger partial charge in [-0.25, -0.2) is 23.2 Å². The van der Waals surface area contributed by atoms with Gasteiger partial charge in [0.15, 0.2) is 5.82 Å². The van der Waals surface area contributed by atoms with Crippen LogP contribution in [0.2, 0.25) is 0 Å². The minimum Gasteiger partial charge on any atom is -0.323 e. The van der Waals surface area contributed by atoms with Gasteiger partial charge in [0.05, 0.1) is 5.69 Å². The Balaban J connectivity index is 1.74. The number of anilines is 1. The molecule has 0 aliphatic carbocycles. The number of urea groups is 1. The second-order valence-corrected chi connectivity index (χ2v) is 5.35. The fraction of sp³-hybridized carbons (Fsp3) is 0.118.